The highest BCUT2D eigenvalue weighted by atomic mass is 16.3. The lowest BCUT2D eigenvalue weighted by Crippen LogP contribution is -2.35. The van der Waals surface area contributed by atoms with E-state index >= 15 is 0 Å². The van der Waals surface area contributed by atoms with Crippen molar-refractivity contribution >= 4 is 21.9 Å². The molecule has 2 atom stereocenters. The fourth-order valence-corrected chi connectivity index (χ4v) is 6.05. The maximum Gasteiger partial charge on any atom is 0.135 e. The Morgan fingerprint density at radius 1 is 0.656 bits per heavy atom. The van der Waals surface area contributed by atoms with Crippen LogP contribution in [-0.2, 0) is 5.41 Å². The first-order chi connectivity index (χ1) is 15.9. The van der Waals surface area contributed by atoms with Gasteiger partial charge in [-0.15, -0.1) is 0 Å². The fraction of sp³-hybridized carbons (Fsp3) is 0.0968. The summed E-state index contributed by atoms with van der Waals surface area (Å²) in [5.74, 6) is 0.333. The second-order valence-electron chi connectivity index (χ2n) is 8.87. The Balaban J connectivity index is 1.64. The molecule has 0 radical (unpaired) electrons. The molecule has 5 aromatic rings. The van der Waals surface area contributed by atoms with Gasteiger partial charge < -0.3 is 4.42 Å². The molecular formula is C31H22O. The van der Waals surface area contributed by atoms with Gasteiger partial charge in [-0.3, -0.25) is 0 Å². The first-order valence-electron chi connectivity index (χ1n) is 11.3. The van der Waals surface area contributed by atoms with E-state index in [2.05, 4.69) is 109 Å². The number of hydrogen-bond donors (Lipinski definition) is 0. The monoisotopic (exact) mass is 410 g/mol. The van der Waals surface area contributed by atoms with E-state index in [4.69, 9.17) is 4.42 Å². The average molecular weight is 411 g/mol. The van der Waals surface area contributed by atoms with Crippen molar-refractivity contribution in [2.24, 2.45) is 5.92 Å². The van der Waals surface area contributed by atoms with Crippen molar-refractivity contribution in [2.75, 3.05) is 0 Å². The Morgan fingerprint density at radius 3 is 2.34 bits per heavy atom. The Bertz CT molecular complexity index is 1550. The zero-order valence-corrected chi connectivity index (χ0v) is 17.7. The van der Waals surface area contributed by atoms with Gasteiger partial charge in [0.1, 0.15) is 11.2 Å². The summed E-state index contributed by atoms with van der Waals surface area (Å²) in [5.41, 5.74) is 8.41. The first-order valence-corrected chi connectivity index (χ1v) is 11.3. The summed E-state index contributed by atoms with van der Waals surface area (Å²) < 4.78 is 6.36. The van der Waals surface area contributed by atoms with E-state index in [0.717, 1.165) is 17.6 Å². The van der Waals surface area contributed by atoms with Crippen LogP contribution in [0.1, 0.15) is 23.1 Å². The van der Waals surface area contributed by atoms with E-state index in [1.165, 1.54) is 38.6 Å². The predicted molar refractivity (Wildman–Crippen MR) is 132 cm³/mol. The second-order valence-corrected chi connectivity index (χ2v) is 8.87. The van der Waals surface area contributed by atoms with Gasteiger partial charge in [0.2, 0.25) is 0 Å². The van der Waals surface area contributed by atoms with Gasteiger partial charge in [0, 0.05) is 10.8 Å². The zero-order chi connectivity index (χ0) is 21.1. The molecule has 2 unspecified atom stereocenters. The Morgan fingerprint density at radius 2 is 1.47 bits per heavy atom. The molecule has 1 nitrogen and oxygen atoms in total. The van der Waals surface area contributed by atoms with Crippen molar-refractivity contribution in [1.82, 2.24) is 0 Å². The molecule has 0 aliphatic heterocycles. The maximum atomic E-state index is 6.36. The standard InChI is InChI=1S/C31H22O/c1-3-11-21(12-4-1)31(22-13-5-2-6-14-22)27-17-9-7-15-23(27)25-19-26-24-16-8-10-18-29(24)32-30(26)20-28(25)31/h1-13,15-20,22H,14H2. The highest BCUT2D eigenvalue weighted by molar-refractivity contribution is 6.08. The molecule has 4 aromatic carbocycles. The number of fused-ring (bicyclic) bond motifs is 6. The van der Waals surface area contributed by atoms with Gasteiger partial charge in [-0.05, 0) is 58.4 Å². The Kier molecular flexibility index (Phi) is 3.66. The van der Waals surface area contributed by atoms with Crippen molar-refractivity contribution in [1.29, 1.82) is 0 Å². The van der Waals surface area contributed by atoms with Crippen LogP contribution in [0.4, 0.5) is 0 Å². The third kappa shape index (κ3) is 2.23. The van der Waals surface area contributed by atoms with Crippen molar-refractivity contribution in [3.63, 3.8) is 0 Å². The number of allylic oxidation sites excluding steroid dienone is 4. The zero-order valence-electron chi connectivity index (χ0n) is 17.7. The van der Waals surface area contributed by atoms with Gasteiger partial charge >= 0.3 is 0 Å². The molecule has 0 saturated carbocycles. The smallest absolute Gasteiger partial charge is 0.135 e. The summed E-state index contributed by atoms with van der Waals surface area (Å²) in [6.45, 7) is 0. The maximum absolute atomic E-state index is 6.36. The van der Waals surface area contributed by atoms with Crippen LogP contribution in [0.25, 0.3) is 33.1 Å². The largest absolute Gasteiger partial charge is 0.456 e. The number of furan rings is 1. The van der Waals surface area contributed by atoms with Crippen molar-refractivity contribution < 1.29 is 4.42 Å². The summed E-state index contributed by atoms with van der Waals surface area (Å²) in [6.07, 6.45) is 10.1. The molecule has 1 heterocycles. The lowest BCUT2D eigenvalue weighted by molar-refractivity contribution is 0.457. The lowest BCUT2D eigenvalue weighted by atomic mass is 9.62. The molecule has 0 saturated heterocycles. The van der Waals surface area contributed by atoms with Gasteiger partial charge in [-0.1, -0.05) is 97.1 Å². The first kappa shape index (κ1) is 17.8. The van der Waals surface area contributed by atoms with Crippen LogP contribution in [0, 0.1) is 5.92 Å². The topological polar surface area (TPSA) is 13.1 Å². The van der Waals surface area contributed by atoms with Gasteiger partial charge in [0.25, 0.3) is 0 Å². The van der Waals surface area contributed by atoms with Crippen molar-refractivity contribution in [2.45, 2.75) is 11.8 Å². The summed E-state index contributed by atoms with van der Waals surface area (Å²) in [5, 5.41) is 2.37. The quantitative estimate of drug-likeness (QED) is 0.287. The van der Waals surface area contributed by atoms with Crippen LogP contribution < -0.4 is 0 Å². The number of rotatable bonds is 2. The van der Waals surface area contributed by atoms with Gasteiger partial charge in [0.15, 0.2) is 0 Å². The van der Waals surface area contributed by atoms with Crippen LogP contribution in [0.2, 0.25) is 0 Å². The molecule has 0 amide bonds. The molecule has 2 aliphatic carbocycles. The minimum atomic E-state index is -0.248. The van der Waals surface area contributed by atoms with Crippen LogP contribution in [0.3, 0.4) is 0 Å². The summed E-state index contributed by atoms with van der Waals surface area (Å²) in [4.78, 5) is 0. The Labute approximate surface area is 187 Å². The van der Waals surface area contributed by atoms with Crippen molar-refractivity contribution in [3.8, 4) is 11.1 Å². The van der Waals surface area contributed by atoms with E-state index in [1.807, 2.05) is 6.07 Å². The van der Waals surface area contributed by atoms with Crippen LogP contribution in [0.5, 0.6) is 0 Å². The third-order valence-corrected chi connectivity index (χ3v) is 7.35. The van der Waals surface area contributed by atoms with Crippen LogP contribution in [-0.4, -0.2) is 0 Å². The number of para-hydroxylation sites is 1. The van der Waals surface area contributed by atoms with Gasteiger partial charge in [-0.25, -0.2) is 0 Å². The second kappa shape index (κ2) is 6.58. The van der Waals surface area contributed by atoms with Gasteiger partial charge in [0.05, 0.1) is 5.41 Å². The molecular weight excluding hydrogens is 388 g/mol. The summed E-state index contributed by atoms with van der Waals surface area (Å²) in [7, 11) is 0. The molecule has 32 heavy (non-hydrogen) atoms. The fourth-order valence-electron chi connectivity index (χ4n) is 6.05. The van der Waals surface area contributed by atoms with Gasteiger partial charge in [-0.2, -0.15) is 0 Å². The molecule has 152 valence electrons. The third-order valence-electron chi connectivity index (χ3n) is 7.35. The highest BCUT2D eigenvalue weighted by Gasteiger charge is 2.49. The molecule has 0 bridgehead atoms. The molecule has 0 spiro atoms. The minimum absolute atomic E-state index is 0.248. The summed E-state index contributed by atoms with van der Waals surface area (Å²) in [6, 6.07) is 33.0. The van der Waals surface area contributed by atoms with Crippen LogP contribution >= 0.6 is 0 Å². The SMILES string of the molecule is C1=CCC(C2(c3ccccc3)c3ccccc3-c3cc4c(cc32)oc2ccccc24)C=C1. The van der Waals surface area contributed by atoms with Crippen LogP contribution in [0.15, 0.2) is 120 Å². The van der Waals surface area contributed by atoms with E-state index in [0.29, 0.717) is 5.92 Å². The molecule has 2 aliphatic rings. The number of hydrogen-bond acceptors (Lipinski definition) is 1. The number of benzene rings is 4. The van der Waals surface area contributed by atoms with Crippen molar-refractivity contribution in [3.05, 3.63) is 132 Å². The van der Waals surface area contributed by atoms with E-state index in [-0.39, 0.29) is 5.41 Å². The van der Waals surface area contributed by atoms with E-state index in [1.54, 1.807) is 0 Å². The summed E-state index contributed by atoms with van der Waals surface area (Å²) >= 11 is 0. The Hall–Kier alpha value is -3.84. The molecule has 1 heteroatoms. The molecule has 7 rings (SSSR count). The highest BCUT2D eigenvalue weighted by Crippen LogP contribution is 2.58. The average Bonchev–Trinajstić information content (AvgIpc) is 3.37. The molecule has 1 aromatic heterocycles. The minimum Gasteiger partial charge on any atom is -0.456 e. The molecule has 0 N–H and O–H groups in total. The predicted octanol–water partition coefficient (Wildman–Crippen LogP) is 8.03. The van der Waals surface area contributed by atoms with E-state index < -0.39 is 0 Å². The van der Waals surface area contributed by atoms with E-state index in [9.17, 15) is 0 Å². The normalized spacial score (nSPS) is 21.2. The molecule has 0 fully saturated rings. The lowest BCUT2D eigenvalue weighted by Gasteiger charge is -2.39.